The molecule has 1 aromatic rings. The number of hydrogen-bond acceptors (Lipinski definition) is 4. The molecule has 6 nitrogen and oxygen atoms in total. The smallest absolute Gasteiger partial charge is 0.317 e. The first-order valence-electron chi connectivity index (χ1n) is 7.38. The van der Waals surface area contributed by atoms with Gasteiger partial charge in [-0.1, -0.05) is 19.3 Å². The van der Waals surface area contributed by atoms with E-state index in [2.05, 4.69) is 15.3 Å². The monoisotopic (exact) mass is 275 g/mol. The van der Waals surface area contributed by atoms with Gasteiger partial charge < -0.3 is 16.0 Å². The Hall–Kier alpha value is -1.85. The first kappa shape index (κ1) is 13.1. The summed E-state index contributed by atoms with van der Waals surface area (Å²) in [7, 11) is 0. The van der Waals surface area contributed by atoms with Crippen LogP contribution in [0.3, 0.4) is 0 Å². The molecule has 0 saturated heterocycles. The Morgan fingerprint density at radius 3 is 2.95 bits per heavy atom. The van der Waals surface area contributed by atoms with E-state index in [9.17, 15) is 4.79 Å². The van der Waals surface area contributed by atoms with E-state index in [-0.39, 0.29) is 12.0 Å². The Kier molecular flexibility index (Phi) is 3.71. The predicted molar refractivity (Wildman–Crippen MR) is 76.0 cm³/mol. The Bertz CT molecular complexity index is 498. The molecule has 6 heteroatoms. The average molecular weight is 275 g/mol. The maximum Gasteiger partial charge on any atom is 0.317 e. The third kappa shape index (κ3) is 2.84. The number of nitrogen functional groups attached to an aromatic ring is 1. The minimum atomic E-state index is 0.0275. The molecular weight excluding hydrogens is 254 g/mol. The fourth-order valence-corrected chi connectivity index (χ4v) is 3.00. The Labute approximate surface area is 118 Å². The van der Waals surface area contributed by atoms with Gasteiger partial charge in [-0.05, 0) is 24.8 Å². The van der Waals surface area contributed by atoms with Gasteiger partial charge in [0.2, 0.25) is 5.95 Å². The number of urea groups is 1. The third-order valence-corrected chi connectivity index (χ3v) is 4.18. The molecule has 0 atom stereocenters. The molecule has 3 rings (SSSR count). The van der Waals surface area contributed by atoms with Crippen LogP contribution < -0.4 is 11.1 Å². The quantitative estimate of drug-likeness (QED) is 0.812. The molecule has 1 fully saturated rings. The second kappa shape index (κ2) is 5.64. The molecular formula is C14H21N5O. The summed E-state index contributed by atoms with van der Waals surface area (Å²) >= 11 is 0. The van der Waals surface area contributed by atoms with Crippen molar-refractivity contribution >= 4 is 12.0 Å². The fourth-order valence-electron chi connectivity index (χ4n) is 3.00. The van der Waals surface area contributed by atoms with E-state index in [1.54, 1.807) is 6.20 Å². The molecule has 0 spiro atoms. The number of aromatic nitrogens is 2. The van der Waals surface area contributed by atoms with E-state index in [0.29, 0.717) is 12.6 Å². The van der Waals surface area contributed by atoms with Gasteiger partial charge in [0.05, 0.1) is 12.2 Å². The first-order chi connectivity index (χ1) is 9.72. The van der Waals surface area contributed by atoms with E-state index in [0.717, 1.165) is 37.1 Å². The molecule has 2 heterocycles. The van der Waals surface area contributed by atoms with Gasteiger partial charge in [-0.15, -0.1) is 0 Å². The maximum atomic E-state index is 12.3. The summed E-state index contributed by atoms with van der Waals surface area (Å²) in [5, 5.41) is 3.15. The second-order valence-electron chi connectivity index (χ2n) is 5.66. The molecule has 0 radical (unpaired) electrons. The second-order valence-corrected chi connectivity index (χ2v) is 5.66. The molecule has 2 amide bonds. The van der Waals surface area contributed by atoms with Gasteiger partial charge in [0.25, 0.3) is 0 Å². The third-order valence-electron chi connectivity index (χ3n) is 4.18. The molecule has 0 aromatic carbocycles. The molecule has 1 aliphatic carbocycles. The van der Waals surface area contributed by atoms with Gasteiger partial charge >= 0.3 is 6.03 Å². The number of anilines is 1. The molecule has 0 unspecified atom stereocenters. The van der Waals surface area contributed by atoms with E-state index >= 15 is 0 Å². The highest BCUT2D eigenvalue weighted by atomic mass is 16.2. The van der Waals surface area contributed by atoms with Gasteiger partial charge in [0, 0.05) is 18.8 Å². The molecule has 20 heavy (non-hydrogen) atoms. The molecule has 1 aliphatic heterocycles. The lowest BCUT2D eigenvalue weighted by Crippen LogP contribution is -2.47. The van der Waals surface area contributed by atoms with Crippen LogP contribution in [-0.2, 0) is 13.0 Å². The van der Waals surface area contributed by atoms with Gasteiger partial charge in [-0.25, -0.2) is 14.8 Å². The average Bonchev–Trinajstić information content (AvgIpc) is 2.47. The predicted octanol–water partition coefficient (Wildman–Crippen LogP) is 1.46. The minimum Gasteiger partial charge on any atom is -0.368 e. The van der Waals surface area contributed by atoms with Crippen molar-refractivity contribution in [1.82, 2.24) is 20.2 Å². The summed E-state index contributed by atoms with van der Waals surface area (Å²) in [4.78, 5) is 22.4. The molecule has 1 aromatic heterocycles. The zero-order chi connectivity index (χ0) is 13.9. The zero-order valence-electron chi connectivity index (χ0n) is 11.6. The minimum absolute atomic E-state index is 0.0275. The summed E-state index contributed by atoms with van der Waals surface area (Å²) in [6.45, 7) is 1.25. The summed E-state index contributed by atoms with van der Waals surface area (Å²) in [5.74, 6) is 0.276. The Morgan fingerprint density at radius 2 is 2.15 bits per heavy atom. The summed E-state index contributed by atoms with van der Waals surface area (Å²) in [6.07, 6.45) is 8.51. The van der Waals surface area contributed by atoms with Crippen molar-refractivity contribution in [2.24, 2.45) is 0 Å². The lowest BCUT2D eigenvalue weighted by Gasteiger charge is -2.31. The highest BCUT2D eigenvalue weighted by molar-refractivity contribution is 5.74. The van der Waals surface area contributed by atoms with Crippen LogP contribution in [-0.4, -0.2) is 33.5 Å². The lowest BCUT2D eigenvalue weighted by molar-refractivity contribution is 0.183. The van der Waals surface area contributed by atoms with E-state index in [4.69, 9.17) is 5.73 Å². The van der Waals surface area contributed by atoms with Crippen LogP contribution >= 0.6 is 0 Å². The summed E-state index contributed by atoms with van der Waals surface area (Å²) < 4.78 is 0. The van der Waals surface area contributed by atoms with Crippen molar-refractivity contribution in [2.75, 3.05) is 12.3 Å². The number of rotatable bonds is 1. The summed E-state index contributed by atoms with van der Waals surface area (Å²) in [6, 6.07) is 0.368. The largest absolute Gasteiger partial charge is 0.368 e. The Balaban J connectivity index is 1.62. The molecule has 0 bridgehead atoms. The van der Waals surface area contributed by atoms with Crippen LogP contribution in [0.15, 0.2) is 6.20 Å². The number of hydrogen-bond donors (Lipinski definition) is 2. The standard InChI is InChI=1S/C14H21N5O/c15-13-16-8-10-6-7-19(9-12(10)18-13)14(20)17-11-4-2-1-3-5-11/h8,11H,1-7,9H2,(H,17,20)(H2,15,16,18). The highest BCUT2D eigenvalue weighted by Crippen LogP contribution is 2.20. The van der Waals surface area contributed by atoms with Crippen LogP contribution in [0.25, 0.3) is 0 Å². The maximum absolute atomic E-state index is 12.3. The van der Waals surface area contributed by atoms with Gasteiger partial charge in [0.1, 0.15) is 0 Å². The molecule has 2 aliphatic rings. The van der Waals surface area contributed by atoms with Gasteiger partial charge in [0.15, 0.2) is 0 Å². The zero-order valence-corrected chi connectivity index (χ0v) is 11.6. The SMILES string of the molecule is Nc1ncc2c(n1)CN(C(=O)NC1CCCCC1)CC2. The number of carbonyl (C=O) groups is 1. The first-order valence-corrected chi connectivity index (χ1v) is 7.38. The van der Waals surface area contributed by atoms with Gasteiger partial charge in [-0.2, -0.15) is 0 Å². The van der Waals surface area contributed by atoms with Crippen molar-refractivity contribution in [2.45, 2.75) is 51.1 Å². The number of nitrogens with two attached hydrogens (primary N) is 1. The fraction of sp³-hybridized carbons (Fsp3) is 0.643. The van der Waals surface area contributed by atoms with Crippen molar-refractivity contribution in [3.8, 4) is 0 Å². The van der Waals surface area contributed by atoms with Crippen molar-refractivity contribution in [3.05, 3.63) is 17.5 Å². The molecule has 3 N–H and O–H groups in total. The number of amides is 2. The van der Waals surface area contributed by atoms with Gasteiger partial charge in [-0.3, -0.25) is 0 Å². The van der Waals surface area contributed by atoms with Crippen LogP contribution in [0.1, 0.15) is 43.4 Å². The highest BCUT2D eigenvalue weighted by Gasteiger charge is 2.24. The number of nitrogens with zero attached hydrogens (tertiary/aromatic N) is 3. The van der Waals surface area contributed by atoms with E-state index in [1.807, 2.05) is 4.90 Å². The van der Waals surface area contributed by atoms with E-state index in [1.165, 1.54) is 19.3 Å². The van der Waals surface area contributed by atoms with Crippen LogP contribution in [0.2, 0.25) is 0 Å². The topological polar surface area (TPSA) is 84.1 Å². The normalized spacial score (nSPS) is 19.5. The molecule has 1 saturated carbocycles. The van der Waals surface area contributed by atoms with E-state index < -0.39 is 0 Å². The lowest BCUT2D eigenvalue weighted by atomic mass is 9.96. The van der Waals surface area contributed by atoms with Crippen LogP contribution in [0.5, 0.6) is 0 Å². The number of carbonyl (C=O) groups excluding carboxylic acids is 1. The van der Waals surface area contributed by atoms with Crippen LogP contribution in [0.4, 0.5) is 10.7 Å². The van der Waals surface area contributed by atoms with Crippen molar-refractivity contribution < 1.29 is 4.79 Å². The Morgan fingerprint density at radius 1 is 1.35 bits per heavy atom. The van der Waals surface area contributed by atoms with Crippen molar-refractivity contribution in [1.29, 1.82) is 0 Å². The van der Waals surface area contributed by atoms with Crippen LogP contribution in [0, 0.1) is 0 Å². The molecule has 108 valence electrons. The van der Waals surface area contributed by atoms with Crippen molar-refractivity contribution in [3.63, 3.8) is 0 Å². The summed E-state index contributed by atoms with van der Waals surface area (Å²) in [5.41, 5.74) is 7.59. The number of nitrogens with one attached hydrogen (secondary N) is 1. The number of fused-ring (bicyclic) bond motifs is 1.